The fourth-order valence-corrected chi connectivity index (χ4v) is 3.55. The SMILES string of the molecule is CN(Cc1nccs1)S(=O)(=O)Cc1ccc(Cl)cc1. The minimum absolute atomic E-state index is 0.0357. The van der Waals surface area contributed by atoms with Crippen LogP contribution in [-0.2, 0) is 22.3 Å². The van der Waals surface area contributed by atoms with E-state index in [0.29, 0.717) is 11.6 Å². The van der Waals surface area contributed by atoms with Crippen molar-refractivity contribution in [2.45, 2.75) is 12.3 Å². The molecule has 0 saturated heterocycles. The Morgan fingerprint density at radius 3 is 2.58 bits per heavy atom. The Morgan fingerprint density at radius 1 is 1.32 bits per heavy atom. The van der Waals surface area contributed by atoms with Gasteiger partial charge >= 0.3 is 0 Å². The summed E-state index contributed by atoms with van der Waals surface area (Å²) in [7, 11) is -1.78. The number of aromatic nitrogens is 1. The van der Waals surface area contributed by atoms with Gasteiger partial charge in [0.1, 0.15) is 5.01 Å². The third-order valence-corrected chi connectivity index (χ3v) is 5.37. The molecule has 0 saturated carbocycles. The van der Waals surface area contributed by atoms with E-state index < -0.39 is 10.0 Å². The second kappa shape index (κ2) is 6.00. The quantitative estimate of drug-likeness (QED) is 0.852. The lowest BCUT2D eigenvalue weighted by molar-refractivity contribution is 0.465. The fraction of sp³-hybridized carbons (Fsp3) is 0.250. The van der Waals surface area contributed by atoms with Gasteiger partial charge in [-0.2, -0.15) is 4.31 Å². The van der Waals surface area contributed by atoms with E-state index >= 15 is 0 Å². The smallest absolute Gasteiger partial charge is 0.218 e. The Bertz CT molecular complexity index is 624. The standard InChI is InChI=1S/C12H13ClN2O2S2/c1-15(8-12-14-6-7-18-12)19(16,17)9-10-2-4-11(13)5-3-10/h2-7H,8-9H2,1H3. The van der Waals surface area contributed by atoms with E-state index in [9.17, 15) is 8.42 Å². The van der Waals surface area contributed by atoms with E-state index in [0.717, 1.165) is 10.6 Å². The van der Waals surface area contributed by atoms with Crippen LogP contribution in [0.25, 0.3) is 0 Å². The van der Waals surface area contributed by atoms with Crippen LogP contribution in [0.4, 0.5) is 0 Å². The van der Waals surface area contributed by atoms with E-state index in [-0.39, 0.29) is 5.75 Å². The molecular weight excluding hydrogens is 304 g/mol. The molecule has 102 valence electrons. The zero-order chi connectivity index (χ0) is 13.9. The van der Waals surface area contributed by atoms with Gasteiger partial charge < -0.3 is 0 Å². The van der Waals surface area contributed by atoms with Crippen molar-refractivity contribution in [3.05, 3.63) is 51.4 Å². The van der Waals surface area contributed by atoms with Crippen LogP contribution in [0.15, 0.2) is 35.8 Å². The van der Waals surface area contributed by atoms with Crippen LogP contribution in [0.5, 0.6) is 0 Å². The van der Waals surface area contributed by atoms with Crippen LogP contribution in [0.1, 0.15) is 10.6 Å². The predicted octanol–water partition coefficient (Wildman–Crippen LogP) is 2.76. The van der Waals surface area contributed by atoms with Gasteiger partial charge in [-0.15, -0.1) is 11.3 Å². The molecule has 0 unspecified atom stereocenters. The molecule has 0 fully saturated rings. The van der Waals surface area contributed by atoms with Crippen LogP contribution in [0, 0.1) is 0 Å². The van der Waals surface area contributed by atoms with Crippen molar-refractivity contribution in [3.63, 3.8) is 0 Å². The molecule has 0 radical (unpaired) electrons. The van der Waals surface area contributed by atoms with Gasteiger partial charge in [0.2, 0.25) is 10.0 Å². The molecule has 0 spiro atoms. The third kappa shape index (κ3) is 4.01. The first-order valence-corrected chi connectivity index (χ1v) is 8.41. The van der Waals surface area contributed by atoms with Crippen molar-refractivity contribution in [3.8, 4) is 0 Å². The summed E-state index contributed by atoms with van der Waals surface area (Å²) in [6, 6.07) is 6.81. The highest BCUT2D eigenvalue weighted by Gasteiger charge is 2.19. The molecule has 0 aliphatic heterocycles. The molecule has 4 nitrogen and oxygen atoms in total. The lowest BCUT2D eigenvalue weighted by atomic mass is 10.2. The average molecular weight is 317 g/mol. The highest BCUT2D eigenvalue weighted by atomic mass is 35.5. The molecule has 1 aromatic carbocycles. The fourth-order valence-electron chi connectivity index (χ4n) is 1.52. The minimum Gasteiger partial charge on any atom is -0.248 e. The number of hydrogen-bond donors (Lipinski definition) is 0. The molecule has 0 aliphatic rings. The highest BCUT2D eigenvalue weighted by molar-refractivity contribution is 7.88. The molecule has 19 heavy (non-hydrogen) atoms. The van der Waals surface area contributed by atoms with E-state index in [1.54, 1.807) is 37.5 Å². The van der Waals surface area contributed by atoms with Crippen molar-refractivity contribution in [2.24, 2.45) is 0 Å². The van der Waals surface area contributed by atoms with Crippen LogP contribution < -0.4 is 0 Å². The summed E-state index contributed by atoms with van der Waals surface area (Å²) in [6.45, 7) is 0.299. The van der Waals surface area contributed by atoms with Crippen molar-refractivity contribution in [2.75, 3.05) is 7.05 Å². The molecule has 0 amide bonds. The molecule has 1 heterocycles. The normalized spacial score (nSPS) is 11.9. The Morgan fingerprint density at radius 2 is 2.00 bits per heavy atom. The minimum atomic E-state index is -3.35. The average Bonchev–Trinajstić information content (AvgIpc) is 2.84. The maximum Gasteiger partial charge on any atom is 0.218 e. The summed E-state index contributed by atoms with van der Waals surface area (Å²) < 4.78 is 25.7. The maximum absolute atomic E-state index is 12.2. The van der Waals surface area contributed by atoms with Crippen molar-refractivity contribution in [1.29, 1.82) is 0 Å². The van der Waals surface area contributed by atoms with Gasteiger partial charge in [0, 0.05) is 23.6 Å². The monoisotopic (exact) mass is 316 g/mol. The number of benzene rings is 1. The zero-order valence-corrected chi connectivity index (χ0v) is 12.7. The van der Waals surface area contributed by atoms with Crippen LogP contribution in [0.3, 0.4) is 0 Å². The number of sulfonamides is 1. The Hall–Kier alpha value is -0.950. The predicted molar refractivity (Wildman–Crippen MR) is 77.7 cm³/mol. The molecule has 0 aliphatic carbocycles. The summed E-state index contributed by atoms with van der Waals surface area (Å²) >= 11 is 7.21. The van der Waals surface area contributed by atoms with E-state index in [1.807, 2.05) is 5.38 Å². The van der Waals surface area contributed by atoms with Gasteiger partial charge in [-0.05, 0) is 17.7 Å². The Balaban J connectivity index is 2.07. The largest absolute Gasteiger partial charge is 0.248 e. The molecule has 2 aromatic rings. The first kappa shape index (κ1) is 14.5. The van der Waals surface area contributed by atoms with E-state index in [4.69, 9.17) is 11.6 Å². The van der Waals surface area contributed by atoms with Crippen LogP contribution in [0.2, 0.25) is 5.02 Å². The van der Waals surface area contributed by atoms with E-state index in [1.165, 1.54) is 15.6 Å². The van der Waals surface area contributed by atoms with Gasteiger partial charge in [-0.25, -0.2) is 13.4 Å². The van der Waals surface area contributed by atoms with Crippen LogP contribution >= 0.6 is 22.9 Å². The summed E-state index contributed by atoms with van der Waals surface area (Å²) in [5, 5.41) is 3.20. The summed E-state index contributed by atoms with van der Waals surface area (Å²) in [5.41, 5.74) is 0.718. The number of nitrogens with zero attached hydrogens (tertiary/aromatic N) is 2. The van der Waals surface area contributed by atoms with Crippen molar-refractivity contribution in [1.82, 2.24) is 9.29 Å². The van der Waals surface area contributed by atoms with E-state index in [2.05, 4.69) is 4.98 Å². The molecule has 1 aromatic heterocycles. The molecule has 7 heteroatoms. The topological polar surface area (TPSA) is 50.3 Å². The number of hydrogen-bond acceptors (Lipinski definition) is 4. The number of thiazole rings is 1. The zero-order valence-electron chi connectivity index (χ0n) is 10.3. The molecule has 0 bridgehead atoms. The number of rotatable bonds is 5. The second-order valence-electron chi connectivity index (χ2n) is 4.06. The number of halogens is 1. The molecule has 2 rings (SSSR count). The lowest BCUT2D eigenvalue weighted by Gasteiger charge is -2.15. The van der Waals surface area contributed by atoms with Crippen molar-refractivity contribution >= 4 is 33.0 Å². The molecular formula is C12H13ClN2O2S2. The lowest BCUT2D eigenvalue weighted by Crippen LogP contribution is -2.27. The van der Waals surface area contributed by atoms with Crippen LogP contribution in [-0.4, -0.2) is 24.8 Å². The first-order valence-electron chi connectivity index (χ1n) is 5.54. The Kier molecular flexibility index (Phi) is 4.57. The molecule has 0 atom stereocenters. The summed E-state index contributed by atoms with van der Waals surface area (Å²) in [5.74, 6) is -0.0357. The van der Waals surface area contributed by atoms with Crippen molar-refractivity contribution < 1.29 is 8.42 Å². The third-order valence-electron chi connectivity index (χ3n) is 2.58. The van der Waals surface area contributed by atoms with Gasteiger partial charge in [-0.3, -0.25) is 0 Å². The van der Waals surface area contributed by atoms with Gasteiger partial charge in [-0.1, -0.05) is 23.7 Å². The second-order valence-corrected chi connectivity index (χ2v) is 7.56. The maximum atomic E-state index is 12.2. The highest BCUT2D eigenvalue weighted by Crippen LogP contribution is 2.16. The van der Waals surface area contributed by atoms with Gasteiger partial charge in [0.15, 0.2) is 0 Å². The van der Waals surface area contributed by atoms with Gasteiger partial charge in [0.25, 0.3) is 0 Å². The molecule has 0 N–H and O–H groups in total. The first-order chi connectivity index (χ1) is 8.97. The van der Waals surface area contributed by atoms with Gasteiger partial charge in [0.05, 0.1) is 12.3 Å². The summed E-state index contributed by atoms with van der Waals surface area (Å²) in [4.78, 5) is 4.08. The Labute approximate surface area is 121 Å². The summed E-state index contributed by atoms with van der Waals surface area (Å²) in [6.07, 6.45) is 1.67.